The maximum absolute atomic E-state index is 11.9. The van der Waals surface area contributed by atoms with E-state index in [0.29, 0.717) is 23.5 Å². The van der Waals surface area contributed by atoms with E-state index in [9.17, 15) is 4.79 Å². The molecule has 1 aromatic rings. The summed E-state index contributed by atoms with van der Waals surface area (Å²) in [6, 6.07) is 0.299. The summed E-state index contributed by atoms with van der Waals surface area (Å²) >= 11 is 3.47. The monoisotopic (exact) mass is 285 g/mol. The lowest BCUT2D eigenvalue weighted by molar-refractivity contribution is -0.116. The van der Waals surface area contributed by atoms with Gasteiger partial charge in [0.1, 0.15) is 0 Å². The third kappa shape index (κ3) is 3.96. The van der Waals surface area contributed by atoms with Crippen molar-refractivity contribution in [2.24, 2.45) is 0 Å². The van der Waals surface area contributed by atoms with E-state index in [-0.39, 0.29) is 5.91 Å². The quantitative estimate of drug-likeness (QED) is 0.891. The molecule has 1 aromatic heterocycles. The molecule has 1 aliphatic rings. The molecule has 1 fully saturated rings. The topological polar surface area (TPSA) is 54.0 Å². The van der Waals surface area contributed by atoms with Gasteiger partial charge in [0.2, 0.25) is 5.91 Å². The van der Waals surface area contributed by atoms with Gasteiger partial charge < -0.3 is 10.6 Å². The van der Waals surface area contributed by atoms with Crippen LogP contribution in [0, 0.1) is 0 Å². The van der Waals surface area contributed by atoms with Crippen LogP contribution in [0.1, 0.15) is 31.1 Å². The first kappa shape index (κ1) is 13.8. The van der Waals surface area contributed by atoms with Crippen molar-refractivity contribution in [3.8, 4) is 0 Å². The first-order valence-corrected chi connectivity index (χ1v) is 8.19. The average molecular weight is 285 g/mol. The summed E-state index contributed by atoms with van der Waals surface area (Å²) in [4.78, 5) is 17.3. The first-order chi connectivity index (χ1) is 8.65. The Bertz CT molecular complexity index is 400. The molecule has 0 bridgehead atoms. The first-order valence-electron chi connectivity index (χ1n) is 6.22. The summed E-state index contributed by atoms with van der Waals surface area (Å²) in [5.74, 6) is 2.68. The lowest BCUT2D eigenvalue weighted by Crippen LogP contribution is -2.39. The standard InChI is InChI=1S/C12H19N3OS2/c1-8(2)10-6-14-12(18-10)15-11(16)5-9-7-17-4-3-13-9/h6,8-9,13H,3-5,7H2,1-2H3,(H,14,15,16). The number of nitrogens with zero attached hydrogens (tertiary/aromatic N) is 1. The minimum absolute atomic E-state index is 0.0552. The largest absolute Gasteiger partial charge is 0.312 e. The number of carbonyl (C=O) groups is 1. The molecule has 1 unspecified atom stereocenters. The molecule has 6 heteroatoms. The molecule has 0 saturated carbocycles. The van der Waals surface area contributed by atoms with Gasteiger partial charge in [-0.2, -0.15) is 11.8 Å². The fourth-order valence-electron chi connectivity index (χ4n) is 1.76. The van der Waals surface area contributed by atoms with E-state index in [0.717, 1.165) is 18.1 Å². The van der Waals surface area contributed by atoms with E-state index in [4.69, 9.17) is 0 Å². The van der Waals surface area contributed by atoms with Gasteiger partial charge in [0.05, 0.1) is 0 Å². The van der Waals surface area contributed by atoms with Crippen molar-refractivity contribution in [2.45, 2.75) is 32.2 Å². The lowest BCUT2D eigenvalue weighted by atomic mass is 10.2. The van der Waals surface area contributed by atoms with Crippen LogP contribution in [0.3, 0.4) is 0 Å². The summed E-state index contributed by atoms with van der Waals surface area (Å²) in [6.07, 6.45) is 2.38. The molecule has 1 amide bonds. The number of amides is 1. The predicted molar refractivity (Wildman–Crippen MR) is 78.6 cm³/mol. The molecular weight excluding hydrogens is 266 g/mol. The van der Waals surface area contributed by atoms with E-state index < -0.39 is 0 Å². The maximum atomic E-state index is 11.9. The fourth-order valence-corrected chi connectivity index (χ4v) is 3.54. The molecule has 0 spiro atoms. The molecule has 2 rings (SSSR count). The highest BCUT2D eigenvalue weighted by atomic mass is 32.2. The van der Waals surface area contributed by atoms with Crippen LogP contribution in [0.25, 0.3) is 0 Å². The molecule has 0 aliphatic carbocycles. The summed E-state index contributed by atoms with van der Waals surface area (Å²) in [6.45, 7) is 5.25. The molecule has 1 saturated heterocycles. The van der Waals surface area contributed by atoms with Gasteiger partial charge in [-0.15, -0.1) is 11.3 Å². The van der Waals surface area contributed by atoms with Crippen LogP contribution >= 0.6 is 23.1 Å². The zero-order chi connectivity index (χ0) is 13.0. The molecule has 2 N–H and O–H groups in total. The van der Waals surface area contributed by atoms with Crippen molar-refractivity contribution in [1.82, 2.24) is 10.3 Å². The van der Waals surface area contributed by atoms with Crippen molar-refractivity contribution in [1.29, 1.82) is 0 Å². The summed E-state index contributed by atoms with van der Waals surface area (Å²) in [5.41, 5.74) is 0. The average Bonchev–Trinajstić information content (AvgIpc) is 2.78. The van der Waals surface area contributed by atoms with Gasteiger partial charge in [-0.3, -0.25) is 4.79 Å². The van der Waals surface area contributed by atoms with E-state index in [1.165, 1.54) is 4.88 Å². The van der Waals surface area contributed by atoms with Gasteiger partial charge in [-0.1, -0.05) is 13.8 Å². The van der Waals surface area contributed by atoms with Gasteiger partial charge in [0, 0.05) is 41.6 Å². The second kappa shape index (κ2) is 6.54. The van der Waals surface area contributed by atoms with Gasteiger partial charge in [-0.05, 0) is 5.92 Å². The summed E-state index contributed by atoms with van der Waals surface area (Å²) in [5, 5.41) is 6.96. The molecule has 0 aromatic carbocycles. The zero-order valence-electron chi connectivity index (χ0n) is 10.7. The van der Waals surface area contributed by atoms with Crippen molar-refractivity contribution >= 4 is 34.1 Å². The number of carbonyl (C=O) groups excluding carboxylic acids is 1. The van der Waals surface area contributed by atoms with Crippen LogP contribution in [0.4, 0.5) is 5.13 Å². The number of rotatable bonds is 4. The van der Waals surface area contributed by atoms with Crippen LogP contribution < -0.4 is 10.6 Å². The Morgan fingerprint density at radius 2 is 2.50 bits per heavy atom. The Labute approximate surface area is 116 Å². The molecule has 2 heterocycles. The van der Waals surface area contributed by atoms with Crippen molar-refractivity contribution in [3.63, 3.8) is 0 Å². The molecule has 0 radical (unpaired) electrons. The fraction of sp³-hybridized carbons (Fsp3) is 0.667. The van der Waals surface area contributed by atoms with E-state index >= 15 is 0 Å². The maximum Gasteiger partial charge on any atom is 0.227 e. The molecule has 4 nitrogen and oxygen atoms in total. The highest BCUT2D eigenvalue weighted by Gasteiger charge is 2.17. The molecule has 1 atom stereocenters. The highest BCUT2D eigenvalue weighted by Crippen LogP contribution is 2.25. The van der Waals surface area contributed by atoms with Crippen LogP contribution in [0.5, 0.6) is 0 Å². The minimum Gasteiger partial charge on any atom is -0.312 e. The lowest BCUT2D eigenvalue weighted by Gasteiger charge is -2.22. The Hall–Kier alpha value is -0.590. The third-order valence-corrected chi connectivity index (χ3v) is 5.11. The van der Waals surface area contributed by atoms with Gasteiger partial charge in [0.15, 0.2) is 5.13 Å². The van der Waals surface area contributed by atoms with Gasteiger partial charge in [-0.25, -0.2) is 4.98 Å². The SMILES string of the molecule is CC(C)c1cnc(NC(=O)CC2CSCCN2)s1. The molecule has 18 heavy (non-hydrogen) atoms. The van der Waals surface area contributed by atoms with Gasteiger partial charge in [0.25, 0.3) is 0 Å². The van der Waals surface area contributed by atoms with Crippen molar-refractivity contribution in [2.75, 3.05) is 23.4 Å². The Morgan fingerprint density at radius 1 is 1.67 bits per heavy atom. The Kier molecular flexibility index (Phi) is 5.03. The Balaban J connectivity index is 1.82. The van der Waals surface area contributed by atoms with Crippen LogP contribution in [-0.2, 0) is 4.79 Å². The van der Waals surface area contributed by atoms with E-state index in [2.05, 4.69) is 29.5 Å². The minimum atomic E-state index is 0.0552. The number of hydrogen-bond donors (Lipinski definition) is 2. The number of thiazole rings is 1. The number of nitrogens with one attached hydrogen (secondary N) is 2. The normalized spacial score (nSPS) is 20.1. The number of aromatic nitrogens is 1. The zero-order valence-corrected chi connectivity index (χ0v) is 12.4. The highest BCUT2D eigenvalue weighted by molar-refractivity contribution is 7.99. The number of thioether (sulfide) groups is 1. The van der Waals surface area contributed by atoms with Crippen LogP contribution in [0.15, 0.2) is 6.20 Å². The van der Waals surface area contributed by atoms with Crippen molar-refractivity contribution in [3.05, 3.63) is 11.1 Å². The second-order valence-electron chi connectivity index (χ2n) is 4.70. The van der Waals surface area contributed by atoms with Gasteiger partial charge >= 0.3 is 0 Å². The van der Waals surface area contributed by atoms with E-state index in [1.54, 1.807) is 11.3 Å². The Morgan fingerprint density at radius 3 is 3.11 bits per heavy atom. The smallest absolute Gasteiger partial charge is 0.227 e. The second-order valence-corrected chi connectivity index (χ2v) is 6.91. The number of hydrogen-bond acceptors (Lipinski definition) is 5. The van der Waals surface area contributed by atoms with E-state index in [1.807, 2.05) is 18.0 Å². The number of anilines is 1. The molecule has 1 aliphatic heterocycles. The molecule has 100 valence electrons. The summed E-state index contributed by atoms with van der Waals surface area (Å²) in [7, 11) is 0. The van der Waals surface area contributed by atoms with Crippen LogP contribution in [-0.4, -0.2) is 35.0 Å². The predicted octanol–water partition coefficient (Wildman–Crippen LogP) is 2.30. The van der Waals surface area contributed by atoms with Crippen molar-refractivity contribution < 1.29 is 4.79 Å². The molecular formula is C12H19N3OS2. The van der Waals surface area contributed by atoms with Crippen LogP contribution in [0.2, 0.25) is 0 Å². The third-order valence-electron chi connectivity index (χ3n) is 2.77. The summed E-state index contributed by atoms with van der Waals surface area (Å²) < 4.78 is 0.